The average molecular weight is 278 g/mol. The lowest BCUT2D eigenvalue weighted by Crippen LogP contribution is -2.43. The van der Waals surface area contributed by atoms with Crippen molar-refractivity contribution in [2.75, 3.05) is 26.4 Å². The van der Waals surface area contributed by atoms with E-state index in [2.05, 4.69) is 6.58 Å². The van der Waals surface area contributed by atoms with Crippen LogP contribution in [0, 0.1) is 0 Å². The molecule has 0 saturated carbocycles. The molecule has 7 heteroatoms. The molecule has 18 heavy (non-hydrogen) atoms. The summed E-state index contributed by atoms with van der Waals surface area (Å²) in [7, 11) is -0.583. The van der Waals surface area contributed by atoms with E-state index in [1.165, 1.54) is 5.01 Å². The van der Waals surface area contributed by atoms with E-state index in [0.717, 1.165) is 6.42 Å². The molecule has 0 aliphatic heterocycles. The molecule has 0 radical (unpaired) electrons. The molecule has 0 spiro atoms. The smallest absolute Gasteiger partial charge is 0.264 e. The summed E-state index contributed by atoms with van der Waals surface area (Å²) >= 11 is 0. The lowest BCUT2D eigenvalue weighted by Gasteiger charge is -2.29. The summed E-state index contributed by atoms with van der Waals surface area (Å²) in [6.07, 6.45) is 1.63. The third-order valence-corrected chi connectivity index (χ3v) is 3.15. The van der Waals surface area contributed by atoms with Gasteiger partial charge in [0.1, 0.15) is 0 Å². The summed E-state index contributed by atoms with van der Waals surface area (Å²) in [5, 5.41) is 3.01. The highest BCUT2D eigenvalue weighted by Crippen LogP contribution is 2.09. The van der Waals surface area contributed by atoms with Crippen molar-refractivity contribution < 1.29 is 17.8 Å². The molecule has 0 aromatic rings. The average Bonchev–Trinajstić information content (AvgIpc) is 2.22. The normalized spacial score (nSPS) is 11.6. The van der Waals surface area contributed by atoms with Gasteiger partial charge in [0.2, 0.25) is 0 Å². The van der Waals surface area contributed by atoms with E-state index >= 15 is 0 Å². The first-order valence-electron chi connectivity index (χ1n) is 5.81. The summed E-state index contributed by atoms with van der Waals surface area (Å²) in [6, 6.07) is 0. The van der Waals surface area contributed by atoms with Crippen LogP contribution in [-0.4, -0.2) is 55.3 Å². The van der Waals surface area contributed by atoms with Crippen LogP contribution in [-0.2, 0) is 14.9 Å². The van der Waals surface area contributed by atoms with Crippen molar-refractivity contribution in [1.29, 1.82) is 0 Å². The number of hydrogen-bond acceptors (Lipinski definition) is 4. The van der Waals surface area contributed by atoms with Crippen molar-refractivity contribution in [2.45, 2.75) is 26.2 Å². The second-order valence-corrected chi connectivity index (χ2v) is 5.84. The number of hydrazine groups is 1. The van der Waals surface area contributed by atoms with Crippen LogP contribution < -0.4 is 0 Å². The zero-order chi connectivity index (χ0) is 14.3. The van der Waals surface area contributed by atoms with Crippen molar-refractivity contribution in [3.8, 4) is 0 Å². The number of hydrogen-bond donors (Lipinski definition) is 1. The van der Waals surface area contributed by atoms with Gasteiger partial charge >= 0.3 is 0 Å². The largest absolute Gasteiger partial charge is 0.286 e. The molecule has 0 bridgehead atoms. The van der Waals surface area contributed by atoms with Crippen molar-refractivity contribution in [3.05, 3.63) is 12.2 Å². The molecule has 0 aliphatic rings. The topological polar surface area (TPSA) is 77.9 Å². The van der Waals surface area contributed by atoms with Crippen molar-refractivity contribution >= 4 is 16.0 Å². The second-order valence-electron chi connectivity index (χ2n) is 4.27. The summed E-state index contributed by atoms with van der Waals surface area (Å²) < 4.78 is 29.9. The van der Waals surface area contributed by atoms with Gasteiger partial charge < -0.3 is 0 Å². The Morgan fingerprint density at radius 2 is 1.89 bits per heavy atom. The first-order valence-corrected chi connectivity index (χ1v) is 7.42. The Morgan fingerprint density at radius 1 is 1.33 bits per heavy atom. The van der Waals surface area contributed by atoms with Gasteiger partial charge in [0, 0.05) is 26.2 Å². The van der Waals surface area contributed by atoms with Gasteiger partial charge in [-0.15, -0.1) is 0 Å². The summed E-state index contributed by atoms with van der Waals surface area (Å²) in [6.45, 7) is 5.90. The van der Waals surface area contributed by atoms with Crippen LogP contribution in [0.4, 0.5) is 0 Å². The highest BCUT2D eigenvalue weighted by molar-refractivity contribution is 7.85. The van der Waals surface area contributed by atoms with E-state index in [-0.39, 0.29) is 24.6 Å². The van der Waals surface area contributed by atoms with Gasteiger partial charge in [-0.05, 0) is 12.8 Å². The highest BCUT2D eigenvalue weighted by Gasteiger charge is 2.18. The molecule has 0 heterocycles. The lowest BCUT2D eigenvalue weighted by atomic mass is 10.1. The molecule has 0 unspecified atom stereocenters. The monoisotopic (exact) mass is 278 g/mol. The van der Waals surface area contributed by atoms with Crippen molar-refractivity contribution in [3.63, 3.8) is 0 Å². The number of carbonyl (C=O) groups excluding carboxylic acids is 1. The predicted molar refractivity (Wildman–Crippen MR) is 70.5 cm³/mol. The van der Waals surface area contributed by atoms with E-state index in [1.807, 2.05) is 6.92 Å². The van der Waals surface area contributed by atoms with Gasteiger partial charge in [-0.2, -0.15) is 8.42 Å². The van der Waals surface area contributed by atoms with Crippen LogP contribution in [0.5, 0.6) is 0 Å². The number of amides is 1. The Labute approximate surface area is 109 Å². The minimum absolute atomic E-state index is 0.183. The third-order valence-electron chi connectivity index (χ3n) is 2.34. The Bertz CT molecular complexity index is 390. The Balaban J connectivity index is 4.49. The molecule has 0 aromatic heterocycles. The molecular weight excluding hydrogens is 256 g/mol. The predicted octanol–water partition coefficient (Wildman–Crippen LogP) is 0.926. The van der Waals surface area contributed by atoms with E-state index in [4.69, 9.17) is 4.55 Å². The van der Waals surface area contributed by atoms with Crippen molar-refractivity contribution in [1.82, 2.24) is 10.0 Å². The Hall–Kier alpha value is -0.920. The molecule has 1 N–H and O–H groups in total. The van der Waals surface area contributed by atoms with Crippen LogP contribution >= 0.6 is 0 Å². The second kappa shape index (κ2) is 7.50. The third kappa shape index (κ3) is 6.73. The van der Waals surface area contributed by atoms with Gasteiger partial charge in [0.25, 0.3) is 16.0 Å². The minimum Gasteiger partial charge on any atom is -0.286 e. The van der Waals surface area contributed by atoms with Crippen LogP contribution in [0.2, 0.25) is 0 Å². The maximum absolute atomic E-state index is 12.0. The van der Waals surface area contributed by atoms with E-state index < -0.39 is 10.1 Å². The number of rotatable bonds is 8. The van der Waals surface area contributed by atoms with E-state index in [1.54, 1.807) is 19.1 Å². The van der Waals surface area contributed by atoms with E-state index in [0.29, 0.717) is 12.0 Å². The fourth-order valence-electron chi connectivity index (χ4n) is 1.47. The van der Waals surface area contributed by atoms with Gasteiger partial charge in [-0.1, -0.05) is 19.9 Å². The fourth-order valence-corrected chi connectivity index (χ4v) is 1.97. The fraction of sp³-hybridized carbons (Fsp3) is 0.727. The van der Waals surface area contributed by atoms with Crippen LogP contribution in [0.25, 0.3) is 0 Å². The van der Waals surface area contributed by atoms with Crippen molar-refractivity contribution in [2.24, 2.45) is 0 Å². The zero-order valence-electron chi connectivity index (χ0n) is 11.2. The summed E-state index contributed by atoms with van der Waals surface area (Å²) in [4.78, 5) is 12.0. The maximum atomic E-state index is 12.0. The molecule has 0 aromatic carbocycles. The SMILES string of the molecule is C=C(CCC)C(=O)N(CCCS(=O)(=O)O)N(C)C. The van der Waals surface area contributed by atoms with Gasteiger partial charge in [-0.25, -0.2) is 5.01 Å². The summed E-state index contributed by atoms with van der Waals surface area (Å²) in [5.74, 6) is -0.567. The van der Waals surface area contributed by atoms with Crippen LogP contribution in [0.15, 0.2) is 12.2 Å². The number of carbonyl (C=O) groups is 1. The molecule has 106 valence electrons. The molecule has 6 nitrogen and oxygen atoms in total. The quantitative estimate of drug-likeness (QED) is 0.406. The molecule has 0 saturated heterocycles. The zero-order valence-corrected chi connectivity index (χ0v) is 12.0. The molecular formula is C11H22N2O4S. The molecule has 0 rings (SSSR count). The molecule has 1 amide bonds. The van der Waals surface area contributed by atoms with Crippen LogP contribution in [0.3, 0.4) is 0 Å². The first-order chi connectivity index (χ1) is 8.19. The van der Waals surface area contributed by atoms with Gasteiger partial charge in [-0.3, -0.25) is 14.4 Å². The molecule has 0 atom stereocenters. The maximum Gasteiger partial charge on any atom is 0.264 e. The molecule has 0 aliphatic carbocycles. The van der Waals surface area contributed by atoms with Gasteiger partial charge in [0.15, 0.2) is 0 Å². The van der Waals surface area contributed by atoms with Gasteiger partial charge in [0.05, 0.1) is 5.75 Å². The Kier molecular flexibility index (Phi) is 7.12. The first kappa shape index (κ1) is 17.1. The van der Waals surface area contributed by atoms with E-state index in [9.17, 15) is 13.2 Å². The standard InChI is InChI=1S/C11H22N2O4S/c1-5-7-10(2)11(14)13(12(3)4)8-6-9-18(15,16)17/h2,5-9H2,1,3-4H3,(H,15,16,17). The minimum atomic E-state index is -3.98. The number of nitrogens with zero attached hydrogens (tertiary/aromatic N) is 2. The Morgan fingerprint density at radius 3 is 2.28 bits per heavy atom. The van der Waals surface area contributed by atoms with Crippen LogP contribution in [0.1, 0.15) is 26.2 Å². The lowest BCUT2D eigenvalue weighted by molar-refractivity contribution is -0.140. The molecule has 0 fully saturated rings. The summed E-state index contributed by atoms with van der Waals surface area (Å²) in [5.41, 5.74) is 0.498. The highest BCUT2D eigenvalue weighted by atomic mass is 32.2.